The van der Waals surface area contributed by atoms with Gasteiger partial charge in [-0.15, -0.1) is 0 Å². The predicted octanol–water partition coefficient (Wildman–Crippen LogP) is 3.04. The summed E-state index contributed by atoms with van der Waals surface area (Å²) >= 11 is 5.90. The number of nitrogens with one attached hydrogen (secondary N) is 1. The van der Waals surface area contributed by atoms with Crippen LogP contribution in [0.1, 0.15) is 22.0 Å². The molecule has 6 heteroatoms. The van der Waals surface area contributed by atoms with Gasteiger partial charge in [0.05, 0.1) is 10.6 Å². The van der Waals surface area contributed by atoms with Gasteiger partial charge in [-0.05, 0) is 23.8 Å². The minimum Gasteiger partial charge on any atom is -0.347 e. The Morgan fingerprint density at radius 2 is 1.78 bits per heavy atom. The van der Waals surface area contributed by atoms with Crippen molar-refractivity contribution in [2.45, 2.75) is 6.04 Å². The van der Waals surface area contributed by atoms with Gasteiger partial charge in [0.2, 0.25) is 5.91 Å². The largest absolute Gasteiger partial charge is 0.347 e. The van der Waals surface area contributed by atoms with Crippen LogP contribution in [0.3, 0.4) is 0 Å². The van der Waals surface area contributed by atoms with Gasteiger partial charge >= 0.3 is 0 Å². The van der Waals surface area contributed by atoms with E-state index in [2.05, 4.69) is 5.32 Å². The van der Waals surface area contributed by atoms with Gasteiger partial charge in [0.15, 0.2) is 0 Å². The predicted molar refractivity (Wildman–Crippen MR) is 86.8 cm³/mol. The third-order valence-corrected chi connectivity index (χ3v) is 3.58. The molecule has 0 bridgehead atoms. The van der Waals surface area contributed by atoms with Gasteiger partial charge < -0.3 is 10.2 Å². The number of carbonyl (C=O) groups excluding carboxylic acids is 2. The van der Waals surface area contributed by atoms with Gasteiger partial charge in [-0.2, -0.15) is 0 Å². The van der Waals surface area contributed by atoms with Crippen LogP contribution in [0.15, 0.2) is 48.5 Å². The highest BCUT2D eigenvalue weighted by molar-refractivity contribution is 6.33. The molecule has 0 fully saturated rings. The molecule has 2 aromatic carbocycles. The topological polar surface area (TPSA) is 49.4 Å². The summed E-state index contributed by atoms with van der Waals surface area (Å²) in [7, 11) is 3.21. The van der Waals surface area contributed by atoms with Crippen molar-refractivity contribution in [1.82, 2.24) is 10.2 Å². The quantitative estimate of drug-likeness (QED) is 0.934. The third-order valence-electron chi connectivity index (χ3n) is 3.27. The van der Waals surface area contributed by atoms with E-state index in [1.165, 1.54) is 11.0 Å². The van der Waals surface area contributed by atoms with E-state index in [9.17, 15) is 14.0 Å². The van der Waals surface area contributed by atoms with Crippen molar-refractivity contribution in [2.75, 3.05) is 14.1 Å². The van der Waals surface area contributed by atoms with Gasteiger partial charge in [-0.25, -0.2) is 4.39 Å². The molecule has 120 valence electrons. The minimum atomic E-state index is -0.847. The fourth-order valence-corrected chi connectivity index (χ4v) is 2.33. The lowest BCUT2D eigenvalue weighted by Gasteiger charge is -2.22. The van der Waals surface area contributed by atoms with Crippen LogP contribution in [-0.2, 0) is 4.79 Å². The maximum Gasteiger partial charge on any atom is 0.253 e. The summed E-state index contributed by atoms with van der Waals surface area (Å²) in [4.78, 5) is 26.2. The van der Waals surface area contributed by atoms with Crippen LogP contribution in [0.2, 0.25) is 5.02 Å². The van der Waals surface area contributed by atoms with E-state index in [-0.39, 0.29) is 16.5 Å². The Kier molecular flexibility index (Phi) is 5.34. The average molecular weight is 335 g/mol. The van der Waals surface area contributed by atoms with Crippen LogP contribution in [0.25, 0.3) is 0 Å². The summed E-state index contributed by atoms with van der Waals surface area (Å²) in [6.45, 7) is 0. The number of halogens is 2. The number of hydrogen-bond donors (Lipinski definition) is 1. The molecule has 2 amide bonds. The van der Waals surface area contributed by atoms with E-state index in [0.29, 0.717) is 5.56 Å². The second-order valence-electron chi connectivity index (χ2n) is 5.17. The van der Waals surface area contributed by atoms with Crippen molar-refractivity contribution >= 4 is 23.4 Å². The van der Waals surface area contributed by atoms with Crippen molar-refractivity contribution in [3.05, 3.63) is 70.5 Å². The first-order chi connectivity index (χ1) is 10.9. The van der Waals surface area contributed by atoms with E-state index >= 15 is 0 Å². The van der Waals surface area contributed by atoms with E-state index in [1.54, 1.807) is 38.4 Å². The zero-order valence-corrected chi connectivity index (χ0v) is 13.5. The zero-order chi connectivity index (χ0) is 17.0. The number of rotatable bonds is 4. The first kappa shape index (κ1) is 17.0. The number of likely N-dealkylation sites (N-methyl/N-ethyl adjacent to an activating group) is 1. The highest BCUT2D eigenvalue weighted by atomic mass is 35.5. The monoisotopic (exact) mass is 334 g/mol. The van der Waals surface area contributed by atoms with Crippen molar-refractivity contribution in [3.63, 3.8) is 0 Å². The molecule has 0 saturated carbocycles. The first-order valence-electron chi connectivity index (χ1n) is 6.92. The fourth-order valence-electron chi connectivity index (χ4n) is 2.07. The maximum absolute atomic E-state index is 13.1. The number of amides is 2. The van der Waals surface area contributed by atoms with Crippen LogP contribution in [-0.4, -0.2) is 30.8 Å². The lowest BCUT2D eigenvalue weighted by molar-refractivity contribution is -0.130. The molecule has 0 aliphatic rings. The molecule has 0 radical (unpaired) electrons. The van der Waals surface area contributed by atoms with E-state index in [1.807, 2.05) is 6.07 Å². The Morgan fingerprint density at radius 3 is 2.35 bits per heavy atom. The van der Waals surface area contributed by atoms with Crippen molar-refractivity contribution in [3.8, 4) is 0 Å². The second-order valence-corrected chi connectivity index (χ2v) is 5.58. The number of hydrogen-bond acceptors (Lipinski definition) is 2. The van der Waals surface area contributed by atoms with Gasteiger partial charge in [-0.3, -0.25) is 9.59 Å². The van der Waals surface area contributed by atoms with Gasteiger partial charge in [-0.1, -0.05) is 41.9 Å². The third kappa shape index (κ3) is 4.07. The Balaban J connectivity index is 2.30. The summed E-state index contributed by atoms with van der Waals surface area (Å²) < 4.78 is 13.1. The van der Waals surface area contributed by atoms with Crippen LogP contribution < -0.4 is 5.32 Å². The normalized spacial score (nSPS) is 11.7. The van der Waals surface area contributed by atoms with Crippen molar-refractivity contribution in [2.24, 2.45) is 0 Å². The molecule has 1 atom stereocenters. The highest BCUT2D eigenvalue weighted by Gasteiger charge is 2.25. The summed E-state index contributed by atoms with van der Waals surface area (Å²) in [5.74, 6) is -1.35. The SMILES string of the molecule is CN(C)C(=O)C(NC(=O)c1ccc(F)cc1Cl)c1ccccc1. The zero-order valence-electron chi connectivity index (χ0n) is 12.7. The second kappa shape index (κ2) is 7.24. The summed E-state index contributed by atoms with van der Waals surface area (Å²) in [5, 5.41) is 2.65. The van der Waals surface area contributed by atoms with E-state index in [4.69, 9.17) is 11.6 Å². The fraction of sp³-hybridized carbons (Fsp3) is 0.176. The number of carbonyl (C=O) groups is 2. The molecule has 23 heavy (non-hydrogen) atoms. The van der Waals surface area contributed by atoms with Gasteiger partial charge in [0, 0.05) is 14.1 Å². The summed E-state index contributed by atoms with van der Waals surface area (Å²) in [5.41, 5.74) is 0.762. The molecule has 0 spiro atoms. The molecule has 2 aromatic rings. The molecular weight excluding hydrogens is 319 g/mol. The Hall–Kier alpha value is -2.40. The van der Waals surface area contributed by atoms with Crippen LogP contribution >= 0.6 is 11.6 Å². The lowest BCUT2D eigenvalue weighted by atomic mass is 10.0. The molecule has 2 rings (SSSR count). The molecule has 4 nitrogen and oxygen atoms in total. The minimum absolute atomic E-state index is 0.00777. The van der Waals surface area contributed by atoms with Crippen LogP contribution in [0.4, 0.5) is 4.39 Å². The summed E-state index contributed by atoms with van der Waals surface area (Å²) in [6.07, 6.45) is 0. The van der Waals surface area contributed by atoms with Crippen molar-refractivity contribution in [1.29, 1.82) is 0 Å². The smallest absolute Gasteiger partial charge is 0.253 e. The number of benzene rings is 2. The molecule has 0 heterocycles. The van der Waals surface area contributed by atoms with Crippen LogP contribution in [0, 0.1) is 5.82 Å². The molecule has 0 aliphatic carbocycles. The van der Waals surface area contributed by atoms with Crippen LogP contribution in [0.5, 0.6) is 0 Å². The molecular formula is C17H16ClFN2O2. The first-order valence-corrected chi connectivity index (χ1v) is 7.30. The van der Waals surface area contributed by atoms with Crippen molar-refractivity contribution < 1.29 is 14.0 Å². The summed E-state index contributed by atoms with van der Waals surface area (Å²) in [6, 6.07) is 11.5. The molecule has 0 saturated heterocycles. The Labute approximate surface area is 138 Å². The lowest BCUT2D eigenvalue weighted by Crippen LogP contribution is -2.39. The Bertz CT molecular complexity index is 720. The van der Waals surface area contributed by atoms with E-state index in [0.717, 1.165) is 12.1 Å². The molecule has 0 aromatic heterocycles. The molecule has 1 N–H and O–H groups in total. The average Bonchev–Trinajstić information content (AvgIpc) is 2.52. The standard InChI is InChI=1S/C17H16ClFN2O2/c1-21(2)17(23)15(11-6-4-3-5-7-11)20-16(22)13-9-8-12(19)10-14(13)18/h3-10,15H,1-2H3,(H,20,22). The molecule has 0 aliphatic heterocycles. The van der Waals surface area contributed by atoms with Gasteiger partial charge in [0.1, 0.15) is 11.9 Å². The maximum atomic E-state index is 13.1. The Morgan fingerprint density at radius 1 is 1.13 bits per heavy atom. The highest BCUT2D eigenvalue weighted by Crippen LogP contribution is 2.20. The van der Waals surface area contributed by atoms with Gasteiger partial charge in [0.25, 0.3) is 5.91 Å². The molecule has 1 unspecified atom stereocenters. The van der Waals surface area contributed by atoms with E-state index < -0.39 is 17.8 Å². The number of nitrogens with zero attached hydrogens (tertiary/aromatic N) is 1.